The lowest BCUT2D eigenvalue weighted by molar-refractivity contribution is 0.127. The number of nitrogens with two attached hydrogens (primary N) is 1. The average Bonchev–Trinajstić information content (AvgIpc) is 2.97. The first kappa shape index (κ1) is 14.4. The van der Waals surface area contributed by atoms with Crippen LogP contribution < -0.4 is 11.1 Å². The predicted octanol–water partition coefficient (Wildman–Crippen LogP) is 3.33. The summed E-state index contributed by atoms with van der Waals surface area (Å²) >= 11 is 0. The maximum absolute atomic E-state index is 12.3. The molecule has 2 fully saturated rings. The van der Waals surface area contributed by atoms with E-state index in [1.54, 1.807) is 0 Å². The molecular formula is C17H25N3O. The number of benzene rings is 1. The number of hydrogen-bond donors (Lipinski definition) is 2. The zero-order chi connectivity index (χ0) is 14.7. The average molecular weight is 287 g/mol. The van der Waals surface area contributed by atoms with Crippen molar-refractivity contribution in [3.63, 3.8) is 0 Å². The zero-order valence-corrected chi connectivity index (χ0v) is 12.6. The molecule has 21 heavy (non-hydrogen) atoms. The Labute approximate surface area is 126 Å². The highest BCUT2D eigenvalue weighted by atomic mass is 16.2. The molecule has 1 saturated carbocycles. The van der Waals surface area contributed by atoms with Crippen LogP contribution in [0.5, 0.6) is 0 Å². The van der Waals surface area contributed by atoms with E-state index in [0.717, 1.165) is 24.3 Å². The molecule has 4 heteroatoms. The van der Waals surface area contributed by atoms with E-state index in [9.17, 15) is 4.79 Å². The Bertz CT molecular complexity index is 481. The second-order valence-corrected chi connectivity index (χ2v) is 6.53. The van der Waals surface area contributed by atoms with Gasteiger partial charge >= 0.3 is 6.03 Å². The molecule has 0 bridgehead atoms. The van der Waals surface area contributed by atoms with Gasteiger partial charge in [-0.05, 0) is 48.8 Å². The molecule has 1 aliphatic carbocycles. The minimum atomic E-state index is 0.0309. The SMILES string of the molecule is NCc1ccc(NC(=O)N2CCC3(CCCC3)CC2)cc1. The first-order chi connectivity index (χ1) is 10.2. The summed E-state index contributed by atoms with van der Waals surface area (Å²) in [7, 11) is 0. The predicted molar refractivity (Wildman–Crippen MR) is 85.1 cm³/mol. The van der Waals surface area contributed by atoms with E-state index >= 15 is 0 Å². The van der Waals surface area contributed by atoms with Crippen LogP contribution >= 0.6 is 0 Å². The molecule has 1 aromatic carbocycles. The molecule has 4 nitrogen and oxygen atoms in total. The van der Waals surface area contributed by atoms with E-state index in [2.05, 4.69) is 5.32 Å². The van der Waals surface area contributed by atoms with Gasteiger partial charge in [0.2, 0.25) is 0 Å². The highest BCUT2D eigenvalue weighted by Gasteiger charge is 2.37. The molecule has 114 valence electrons. The van der Waals surface area contributed by atoms with Gasteiger partial charge in [0.05, 0.1) is 0 Å². The van der Waals surface area contributed by atoms with E-state index in [1.807, 2.05) is 29.2 Å². The van der Waals surface area contributed by atoms with E-state index < -0.39 is 0 Å². The third-order valence-electron chi connectivity index (χ3n) is 5.22. The van der Waals surface area contributed by atoms with Crippen LogP contribution in [-0.4, -0.2) is 24.0 Å². The molecular weight excluding hydrogens is 262 g/mol. The molecule has 3 rings (SSSR count). The van der Waals surface area contributed by atoms with Crippen molar-refractivity contribution in [1.82, 2.24) is 4.90 Å². The Morgan fingerprint density at radius 2 is 1.71 bits per heavy atom. The summed E-state index contributed by atoms with van der Waals surface area (Å²) in [5.74, 6) is 0. The molecule has 0 unspecified atom stereocenters. The summed E-state index contributed by atoms with van der Waals surface area (Å²) < 4.78 is 0. The van der Waals surface area contributed by atoms with Crippen LogP contribution in [0, 0.1) is 5.41 Å². The van der Waals surface area contributed by atoms with Crippen LogP contribution in [0.25, 0.3) is 0 Å². The summed E-state index contributed by atoms with van der Waals surface area (Å²) in [6.07, 6.45) is 7.82. The van der Waals surface area contributed by atoms with Gasteiger partial charge in [0, 0.05) is 25.3 Å². The molecule has 1 heterocycles. The molecule has 0 atom stereocenters. The topological polar surface area (TPSA) is 58.4 Å². The normalized spacial score (nSPS) is 20.7. The quantitative estimate of drug-likeness (QED) is 0.876. The standard InChI is InChI=1S/C17H25N3O/c18-13-14-3-5-15(6-4-14)19-16(21)20-11-9-17(10-12-20)7-1-2-8-17/h3-6H,1-2,7-13,18H2,(H,19,21). The van der Waals surface area contributed by atoms with E-state index in [0.29, 0.717) is 12.0 Å². The molecule has 1 spiro atoms. The lowest BCUT2D eigenvalue weighted by Crippen LogP contribution is -2.44. The first-order valence-electron chi connectivity index (χ1n) is 8.06. The minimum absolute atomic E-state index is 0.0309. The summed E-state index contributed by atoms with van der Waals surface area (Å²) in [5, 5.41) is 2.99. The van der Waals surface area contributed by atoms with Gasteiger partial charge in [-0.15, -0.1) is 0 Å². The highest BCUT2D eigenvalue weighted by Crippen LogP contribution is 2.46. The maximum atomic E-state index is 12.3. The molecule has 1 aliphatic heterocycles. The Kier molecular flexibility index (Phi) is 4.15. The van der Waals surface area contributed by atoms with Gasteiger partial charge in [-0.1, -0.05) is 25.0 Å². The number of carbonyl (C=O) groups excluding carboxylic acids is 1. The molecule has 3 N–H and O–H groups in total. The molecule has 0 radical (unpaired) electrons. The Hall–Kier alpha value is -1.55. The van der Waals surface area contributed by atoms with Crippen molar-refractivity contribution in [1.29, 1.82) is 0 Å². The van der Waals surface area contributed by atoms with Crippen LogP contribution in [-0.2, 0) is 6.54 Å². The third kappa shape index (κ3) is 3.21. The molecule has 0 aromatic heterocycles. The number of nitrogens with one attached hydrogen (secondary N) is 1. The number of amides is 2. The van der Waals surface area contributed by atoms with Gasteiger partial charge in [-0.2, -0.15) is 0 Å². The number of rotatable bonds is 2. The molecule has 2 aliphatic rings. The second-order valence-electron chi connectivity index (χ2n) is 6.53. The van der Waals surface area contributed by atoms with Crippen LogP contribution in [0.3, 0.4) is 0 Å². The second kappa shape index (κ2) is 6.06. The van der Waals surface area contributed by atoms with E-state index in [4.69, 9.17) is 5.73 Å². The van der Waals surface area contributed by atoms with Gasteiger partial charge in [0.25, 0.3) is 0 Å². The van der Waals surface area contributed by atoms with Gasteiger partial charge in [-0.25, -0.2) is 4.79 Å². The van der Waals surface area contributed by atoms with Crippen molar-refractivity contribution in [3.8, 4) is 0 Å². The van der Waals surface area contributed by atoms with Crippen molar-refractivity contribution in [2.75, 3.05) is 18.4 Å². The fraction of sp³-hybridized carbons (Fsp3) is 0.588. The van der Waals surface area contributed by atoms with Crippen molar-refractivity contribution < 1.29 is 4.79 Å². The van der Waals surface area contributed by atoms with Gasteiger partial charge in [0.15, 0.2) is 0 Å². The Balaban J connectivity index is 1.54. The van der Waals surface area contributed by atoms with E-state index in [-0.39, 0.29) is 6.03 Å². The number of anilines is 1. The lowest BCUT2D eigenvalue weighted by atomic mass is 9.77. The van der Waals surface area contributed by atoms with E-state index in [1.165, 1.54) is 38.5 Å². The summed E-state index contributed by atoms with van der Waals surface area (Å²) in [6, 6.07) is 7.78. The van der Waals surface area contributed by atoms with Gasteiger partial charge < -0.3 is 16.0 Å². The van der Waals surface area contributed by atoms with Crippen LogP contribution in [0.1, 0.15) is 44.1 Å². The van der Waals surface area contributed by atoms with Crippen LogP contribution in [0.2, 0.25) is 0 Å². The monoisotopic (exact) mass is 287 g/mol. The fourth-order valence-electron chi connectivity index (χ4n) is 3.74. The summed E-state index contributed by atoms with van der Waals surface area (Å²) in [5.41, 5.74) is 8.06. The third-order valence-corrected chi connectivity index (χ3v) is 5.22. The van der Waals surface area contributed by atoms with Crippen molar-refractivity contribution in [2.24, 2.45) is 11.1 Å². The maximum Gasteiger partial charge on any atom is 0.321 e. The summed E-state index contributed by atoms with van der Waals surface area (Å²) in [4.78, 5) is 14.3. The summed E-state index contributed by atoms with van der Waals surface area (Å²) in [6.45, 7) is 2.32. The fourth-order valence-corrected chi connectivity index (χ4v) is 3.74. The molecule has 2 amide bonds. The Morgan fingerprint density at radius 3 is 2.29 bits per heavy atom. The van der Waals surface area contributed by atoms with Crippen molar-refractivity contribution in [2.45, 2.75) is 45.1 Å². The molecule has 1 aromatic rings. The van der Waals surface area contributed by atoms with Crippen molar-refractivity contribution in [3.05, 3.63) is 29.8 Å². The molecule has 1 saturated heterocycles. The zero-order valence-electron chi connectivity index (χ0n) is 12.6. The number of hydrogen-bond acceptors (Lipinski definition) is 2. The Morgan fingerprint density at radius 1 is 1.10 bits per heavy atom. The van der Waals surface area contributed by atoms with Crippen LogP contribution in [0.15, 0.2) is 24.3 Å². The number of piperidine rings is 1. The number of nitrogens with zero attached hydrogens (tertiary/aromatic N) is 1. The lowest BCUT2D eigenvalue weighted by Gasteiger charge is -2.39. The van der Waals surface area contributed by atoms with Gasteiger partial charge in [0.1, 0.15) is 0 Å². The minimum Gasteiger partial charge on any atom is -0.326 e. The first-order valence-corrected chi connectivity index (χ1v) is 8.06. The van der Waals surface area contributed by atoms with Gasteiger partial charge in [-0.3, -0.25) is 0 Å². The highest BCUT2D eigenvalue weighted by molar-refractivity contribution is 5.89. The van der Waals surface area contributed by atoms with Crippen molar-refractivity contribution >= 4 is 11.7 Å². The van der Waals surface area contributed by atoms with Crippen LogP contribution in [0.4, 0.5) is 10.5 Å². The number of likely N-dealkylation sites (tertiary alicyclic amines) is 1. The number of carbonyl (C=O) groups is 1. The largest absolute Gasteiger partial charge is 0.326 e. The smallest absolute Gasteiger partial charge is 0.321 e. The number of urea groups is 1.